The van der Waals surface area contributed by atoms with Crippen molar-refractivity contribution in [1.29, 1.82) is 0 Å². The van der Waals surface area contributed by atoms with E-state index in [1.165, 1.54) is 5.56 Å². The minimum Gasteiger partial charge on any atom is -0.399 e. The van der Waals surface area contributed by atoms with Gasteiger partial charge in [0.05, 0.1) is 6.10 Å². The van der Waals surface area contributed by atoms with Gasteiger partial charge in [-0.05, 0) is 43.4 Å². The Morgan fingerprint density at radius 3 is 2.52 bits per heavy atom. The standard InChI is InChI=1S/C17H26N2O2/c1-3-21-16-8-10-19(11-9-16)17(20)12-13(2)14-4-6-15(18)7-5-14/h4-7,13,16H,3,8-12,18H2,1-2H3. The van der Waals surface area contributed by atoms with Gasteiger partial charge in [0.25, 0.3) is 0 Å². The van der Waals surface area contributed by atoms with Crippen LogP contribution < -0.4 is 5.73 Å². The Labute approximate surface area is 127 Å². The molecule has 2 N–H and O–H groups in total. The van der Waals surface area contributed by atoms with E-state index < -0.39 is 0 Å². The number of likely N-dealkylation sites (tertiary alicyclic amines) is 1. The molecular weight excluding hydrogens is 264 g/mol. The average molecular weight is 290 g/mol. The largest absolute Gasteiger partial charge is 0.399 e. The third-order valence-corrected chi connectivity index (χ3v) is 4.18. The lowest BCUT2D eigenvalue weighted by molar-refractivity contribution is -0.134. The van der Waals surface area contributed by atoms with E-state index in [1.807, 2.05) is 36.1 Å². The normalized spacial score (nSPS) is 17.7. The fourth-order valence-corrected chi connectivity index (χ4v) is 2.84. The summed E-state index contributed by atoms with van der Waals surface area (Å²) in [6.45, 7) is 6.50. The molecule has 1 unspecified atom stereocenters. The second-order valence-corrected chi connectivity index (χ2v) is 5.81. The number of nitrogen functional groups attached to an aromatic ring is 1. The number of benzene rings is 1. The molecule has 4 nitrogen and oxygen atoms in total. The summed E-state index contributed by atoms with van der Waals surface area (Å²) < 4.78 is 5.62. The number of rotatable bonds is 5. The monoisotopic (exact) mass is 290 g/mol. The maximum absolute atomic E-state index is 12.4. The number of carbonyl (C=O) groups excluding carboxylic acids is 1. The van der Waals surface area contributed by atoms with Gasteiger partial charge < -0.3 is 15.4 Å². The fraction of sp³-hybridized carbons (Fsp3) is 0.588. The molecule has 21 heavy (non-hydrogen) atoms. The van der Waals surface area contributed by atoms with Crippen LogP contribution in [0.25, 0.3) is 0 Å². The van der Waals surface area contributed by atoms with Gasteiger partial charge in [-0.25, -0.2) is 0 Å². The molecule has 1 heterocycles. The summed E-state index contributed by atoms with van der Waals surface area (Å²) in [5.74, 6) is 0.469. The van der Waals surface area contributed by atoms with Gasteiger partial charge in [0.15, 0.2) is 0 Å². The van der Waals surface area contributed by atoms with E-state index in [0.717, 1.165) is 38.2 Å². The summed E-state index contributed by atoms with van der Waals surface area (Å²) in [6.07, 6.45) is 2.79. The van der Waals surface area contributed by atoms with E-state index in [9.17, 15) is 4.79 Å². The van der Waals surface area contributed by atoms with Crippen LogP contribution in [0, 0.1) is 0 Å². The third kappa shape index (κ3) is 4.46. The van der Waals surface area contributed by atoms with Crippen molar-refractivity contribution in [3.63, 3.8) is 0 Å². The van der Waals surface area contributed by atoms with E-state index in [1.54, 1.807) is 0 Å². The van der Waals surface area contributed by atoms with E-state index in [0.29, 0.717) is 12.5 Å². The first-order valence-corrected chi connectivity index (χ1v) is 7.85. The van der Waals surface area contributed by atoms with Crippen LogP contribution in [-0.4, -0.2) is 36.6 Å². The topological polar surface area (TPSA) is 55.6 Å². The van der Waals surface area contributed by atoms with Gasteiger partial charge in [0.2, 0.25) is 5.91 Å². The van der Waals surface area contributed by atoms with E-state index in [2.05, 4.69) is 6.92 Å². The van der Waals surface area contributed by atoms with Crippen LogP contribution in [0.2, 0.25) is 0 Å². The van der Waals surface area contributed by atoms with Crippen molar-refractivity contribution in [1.82, 2.24) is 4.90 Å². The first kappa shape index (κ1) is 15.8. The molecule has 0 bridgehead atoms. The van der Waals surface area contributed by atoms with Crippen molar-refractivity contribution in [3.05, 3.63) is 29.8 Å². The Morgan fingerprint density at radius 1 is 1.33 bits per heavy atom. The Hall–Kier alpha value is -1.55. The molecule has 0 spiro atoms. The van der Waals surface area contributed by atoms with E-state index >= 15 is 0 Å². The van der Waals surface area contributed by atoms with E-state index in [4.69, 9.17) is 10.5 Å². The minimum absolute atomic E-state index is 0.225. The Bertz CT molecular complexity index is 450. The van der Waals surface area contributed by atoms with Crippen LogP contribution in [0.5, 0.6) is 0 Å². The maximum atomic E-state index is 12.4. The number of nitrogens with zero attached hydrogens (tertiary/aromatic N) is 1. The molecule has 1 amide bonds. The molecular formula is C17H26N2O2. The van der Waals surface area contributed by atoms with Crippen molar-refractivity contribution in [2.24, 2.45) is 0 Å². The number of hydrogen-bond acceptors (Lipinski definition) is 3. The fourth-order valence-electron chi connectivity index (χ4n) is 2.84. The molecule has 0 aromatic heterocycles. The van der Waals surface area contributed by atoms with Crippen molar-refractivity contribution in [2.45, 2.75) is 45.1 Å². The molecule has 1 saturated heterocycles. The quantitative estimate of drug-likeness (QED) is 0.848. The van der Waals surface area contributed by atoms with Gasteiger partial charge in [-0.15, -0.1) is 0 Å². The first-order valence-electron chi connectivity index (χ1n) is 7.85. The molecule has 1 atom stereocenters. The van der Waals surface area contributed by atoms with Gasteiger partial charge in [-0.2, -0.15) is 0 Å². The maximum Gasteiger partial charge on any atom is 0.223 e. The zero-order valence-corrected chi connectivity index (χ0v) is 13.0. The van der Waals surface area contributed by atoms with Crippen molar-refractivity contribution in [2.75, 3.05) is 25.4 Å². The van der Waals surface area contributed by atoms with Gasteiger partial charge in [0.1, 0.15) is 0 Å². The SMILES string of the molecule is CCOC1CCN(C(=O)CC(C)c2ccc(N)cc2)CC1. The highest BCUT2D eigenvalue weighted by atomic mass is 16.5. The third-order valence-electron chi connectivity index (χ3n) is 4.18. The number of piperidine rings is 1. The highest BCUT2D eigenvalue weighted by Crippen LogP contribution is 2.22. The molecule has 1 aromatic rings. The lowest BCUT2D eigenvalue weighted by Gasteiger charge is -2.32. The molecule has 1 fully saturated rings. The summed E-state index contributed by atoms with van der Waals surface area (Å²) >= 11 is 0. The summed E-state index contributed by atoms with van der Waals surface area (Å²) in [6, 6.07) is 7.80. The van der Waals surface area contributed by atoms with Crippen LogP contribution in [0.4, 0.5) is 5.69 Å². The molecule has 1 aromatic carbocycles. The first-order chi connectivity index (χ1) is 10.1. The molecule has 4 heteroatoms. The molecule has 1 aliphatic heterocycles. The molecule has 0 aliphatic carbocycles. The second kappa shape index (κ2) is 7.46. The molecule has 116 valence electrons. The van der Waals surface area contributed by atoms with Gasteiger partial charge >= 0.3 is 0 Å². The second-order valence-electron chi connectivity index (χ2n) is 5.81. The number of carbonyl (C=O) groups is 1. The lowest BCUT2D eigenvalue weighted by atomic mass is 9.96. The van der Waals surface area contributed by atoms with Crippen LogP contribution in [0.15, 0.2) is 24.3 Å². The highest BCUT2D eigenvalue weighted by Gasteiger charge is 2.24. The van der Waals surface area contributed by atoms with E-state index in [-0.39, 0.29) is 11.8 Å². The average Bonchev–Trinajstić information content (AvgIpc) is 2.49. The molecule has 0 radical (unpaired) electrons. The van der Waals surface area contributed by atoms with Crippen molar-refractivity contribution < 1.29 is 9.53 Å². The minimum atomic E-state index is 0.225. The van der Waals surface area contributed by atoms with Gasteiger partial charge in [0, 0.05) is 31.8 Å². The highest BCUT2D eigenvalue weighted by molar-refractivity contribution is 5.77. The number of ether oxygens (including phenoxy) is 1. The Kier molecular flexibility index (Phi) is 5.62. The summed E-state index contributed by atoms with van der Waals surface area (Å²) in [4.78, 5) is 14.3. The Balaban J connectivity index is 1.83. The van der Waals surface area contributed by atoms with Gasteiger partial charge in [-0.1, -0.05) is 19.1 Å². The summed E-state index contributed by atoms with van der Waals surface area (Å²) in [7, 11) is 0. The summed E-state index contributed by atoms with van der Waals surface area (Å²) in [5.41, 5.74) is 7.62. The van der Waals surface area contributed by atoms with Crippen LogP contribution in [0.1, 0.15) is 44.6 Å². The molecule has 1 aliphatic rings. The van der Waals surface area contributed by atoms with Gasteiger partial charge in [-0.3, -0.25) is 4.79 Å². The predicted octanol–water partition coefficient (Wildman–Crippen LogP) is 2.79. The predicted molar refractivity (Wildman–Crippen MR) is 85.1 cm³/mol. The van der Waals surface area contributed by atoms with Crippen LogP contribution >= 0.6 is 0 Å². The number of anilines is 1. The number of amides is 1. The molecule has 0 saturated carbocycles. The lowest BCUT2D eigenvalue weighted by Crippen LogP contribution is -2.41. The number of nitrogens with two attached hydrogens (primary N) is 1. The molecule has 2 rings (SSSR count). The van der Waals surface area contributed by atoms with Crippen LogP contribution in [0.3, 0.4) is 0 Å². The summed E-state index contributed by atoms with van der Waals surface area (Å²) in [5, 5.41) is 0. The van der Waals surface area contributed by atoms with Crippen molar-refractivity contribution in [3.8, 4) is 0 Å². The smallest absolute Gasteiger partial charge is 0.223 e. The zero-order chi connectivity index (χ0) is 15.2. The zero-order valence-electron chi connectivity index (χ0n) is 13.0. The van der Waals surface area contributed by atoms with Crippen molar-refractivity contribution >= 4 is 11.6 Å². The van der Waals surface area contributed by atoms with Crippen LogP contribution in [-0.2, 0) is 9.53 Å². The Morgan fingerprint density at radius 2 is 1.95 bits per heavy atom. The number of hydrogen-bond donors (Lipinski definition) is 1.